The molecule has 100 valence electrons. The second kappa shape index (κ2) is 5.83. The van der Waals surface area contributed by atoms with E-state index in [1.54, 1.807) is 0 Å². The minimum atomic E-state index is -0.674. The number of carboxylic acids is 1. The molecule has 4 nitrogen and oxygen atoms in total. The van der Waals surface area contributed by atoms with Gasteiger partial charge in [-0.1, -0.05) is 13.8 Å². The van der Waals surface area contributed by atoms with E-state index in [1.807, 2.05) is 13.8 Å². The maximum absolute atomic E-state index is 11.3. The first-order chi connectivity index (χ1) is 7.92. The van der Waals surface area contributed by atoms with Crippen LogP contribution in [0.15, 0.2) is 0 Å². The molecule has 0 spiro atoms. The van der Waals surface area contributed by atoms with Crippen molar-refractivity contribution in [2.45, 2.75) is 39.7 Å². The lowest BCUT2D eigenvalue weighted by molar-refractivity contribution is -0.149. The Morgan fingerprint density at radius 1 is 1.41 bits per heavy atom. The Hall–Kier alpha value is -0.610. The number of carbonyl (C=O) groups is 1. The van der Waals surface area contributed by atoms with E-state index in [2.05, 4.69) is 23.8 Å². The molecule has 2 atom stereocenters. The van der Waals surface area contributed by atoms with Gasteiger partial charge in [0.05, 0.1) is 5.41 Å². The zero-order valence-corrected chi connectivity index (χ0v) is 11.6. The molecule has 0 aromatic rings. The van der Waals surface area contributed by atoms with Crippen molar-refractivity contribution in [2.75, 3.05) is 33.2 Å². The molecule has 0 aromatic heterocycles. The number of nitrogens with zero attached hydrogens (tertiary/aromatic N) is 2. The van der Waals surface area contributed by atoms with Crippen LogP contribution in [0.3, 0.4) is 0 Å². The van der Waals surface area contributed by atoms with Gasteiger partial charge in [-0.05, 0) is 26.8 Å². The third kappa shape index (κ3) is 3.42. The fourth-order valence-electron chi connectivity index (χ4n) is 2.42. The summed E-state index contributed by atoms with van der Waals surface area (Å²) in [5.74, 6) is -0.674. The van der Waals surface area contributed by atoms with Crippen LogP contribution in [0.4, 0.5) is 0 Å². The first-order valence-corrected chi connectivity index (χ1v) is 6.59. The lowest BCUT2D eigenvalue weighted by Gasteiger charge is -2.41. The van der Waals surface area contributed by atoms with Crippen LogP contribution in [-0.2, 0) is 4.79 Å². The number of piperazine rings is 1. The van der Waals surface area contributed by atoms with Gasteiger partial charge in [0, 0.05) is 32.2 Å². The number of hydrogen-bond donors (Lipinski definition) is 1. The lowest BCUT2D eigenvalue weighted by atomic mass is 9.86. The third-order valence-corrected chi connectivity index (χ3v) is 4.20. The van der Waals surface area contributed by atoms with Gasteiger partial charge in [-0.3, -0.25) is 9.69 Å². The van der Waals surface area contributed by atoms with Crippen molar-refractivity contribution in [3.63, 3.8) is 0 Å². The minimum Gasteiger partial charge on any atom is -0.481 e. The van der Waals surface area contributed by atoms with E-state index >= 15 is 0 Å². The Bertz CT molecular complexity index is 270. The van der Waals surface area contributed by atoms with Crippen LogP contribution in [0.25, 0.3) is 0 Å². The van der Waals surface area contributed by atoms with Gasteiger partial charge in [-0.2, -0.15) is 0 Å². The van der Waals surface area contributed by atoms with Crippen LogP contribution in [0, 0.1) is 5.41 Å². The molecular formula is C13H26N2O2. The van der Waals surface area contributed by atoms with Gasteiger partial charge in [-0.15, -0.1) is 0 Å². The fourth-order valence-corrected chi connectivity index (χ4v) is 2.42. The monoisotopic (exact) mass is 242 g/mol. The summed E-state index contributed by atoms with van der Waals surface area (Å²) in [5.41, 5.74) is -0.603. The minimum absolute atomic E-state index is 0.568. The predicted molar refractivity (Wildman–Crippen MR) is 69.2 cm³/mol. The molecule has 1 saturated heterocycles. The van der Waals surface area contributed by atoms with Crippen molar-refractivity contribution in [3.05, 3.63) is 0 Å². The van der Waals surface area contributed by atoms with Gasteiger partial charge >= 0.3 is 5.97 Å². The molecule has 0 aromatic carbocycles. The average Bonchev–Trinajstić information content (AvgIpc) is 2.31. The molecule has 0 bridgehead atoms. The summed E-state index contributed by atoms with van der Waals surface area (Å²) >= 11 is 0. The van der Waals surface area contributed by atoms with Gasteiger partial charge in [0.2, 0.25) is 0 Å². The first-order valence-electron chi connectivity index (χ1n) is 6.59. The molecular weight excluding hydrogens is 216 g/mol. The smallest absolute Gasteiger partial charge is 0.310 e. The second-order valence-corrected chi connectivity index (χ2v) is 5.50. The SMILES string of the molecule is CCC1CN(CC(C)(CC)C(=O)O)CCN1C. The Morgan fingerprint density at radius 2 is 2.06 bits per heavy atom. The van der Waals surface area contributed by atoms with E-state index in [1.165, 1.54) is 0 Å². The maximum atomic E-state index is 11.3. The highest BCUT2D eigenvalue weighted by Gasteiger charge is 2.35. The summed E-state index contributed by atoms with van der Waals surface area (Å²) in [6.45, 7) is 9.70. The van der Waals surface area contributed by atoms with Crippen molar-refractivity contribution in [1.82, 2.24) is 9.80 Å². The van der Waals surface area contributed by atoms with Gasteiger partial charge in [0.1, 0.15) is 0 Å². The zero-order valence-electron chi connectivity index (χ0n) is 11.6. The quantitative estimate of drug-likeness (QED) is 0.794. The summed E-state index contributed by atoms with van der Waals surface area (Å²) in [7, 11) is 2.15. The summed E-state index contributed by atoms with van der Waals surface area (Å²) in [6.07, 6.45) is 1.81. The van der Waals surface area contributed by atoms with E-state index in [0.717, 1.165) is 26.1 Å². The number of likely N-dealkylation sites (N-methyl/N-ethyl adjacent to an activating group) is 1. The Morgan fingerprint density at radius 3 is 2.53 bits per heavy atom. The largest absolute Gasteiger partial charge is 0.481 e. The number of aliphatic carboxylic acids is 1. The van der Waals surface area contributed by atoms with Gasteiger partial charge < -0.3 is 10.0 Å². The number of hydrogen-bond acceptors (Lipinski definition) is 3. The van der Waals surface area contributed by atoms with Crippen LogP contribution in [-0.4, -0.2) is 60.1 Å². The van der Waals surface area contributed by atoms with Crippen molar-refractivity contribution in [1.29, 1.82) is 0 Å². The van der Waals surface area contributed by atoms with Crippen LogP contribution < -0.4 is 0 Å². The van der Waals surface area contributed by atoms with E-state index in [4.69, 9.17) is 0 Å². The molecule has 4 heteroatoms. The summed E-state index contributed by atoms with van der Waals surface area (Å²) in [4.78, 5) is 16.0. The van der Waals surface area contributed by atoms with E-state index in [0.29, 0.717) is 19.0 Å². The van der Waals surface area contributed by atoms with Gasteiger partial charge in [0.25, 0.3) is 0 Å². The van der Waals surface area contributed by atoms with Crippen molar-refractivity contribution in [2.24, 2.45) is 5.41 Å². The standard InChI is InChI=1S/C13H26N2O2/c1-5-11-9-15(8-7-14(11)4)10-13(3,6-2)12(16)17/h11H,5-10H2,1-4H3,(H,16,17). The molecule has 2 unspecified atom stereocenters. The van der Waals surface area contributed by atoms with Crippen molar-refractivity contribution in [3.8, 4) is 0 Å². The molecule has 0 saturated carbocycles. The molecule has 1 aliphatic rings. The molecule has 1 rings (SSSR count). The van der Waals surface area contributed by atoms with Gasteiger partial charge in [-0.25, -0.2) is 0 Å². The summed E-state index contributed by atoms with van der Waals surface area (Å²) in [5, 5.41) is 9.30. The Kier molecular flexibility index (Phi) is 4.95. The number of rotatable bonds is 5. The molecule has 0 aliphatic carbocycles. The van der Waals surface area contributed by atoms with Crippen LogP contribution in [0.5, 0.6) is 0 Å². The van der Waals surface area contributed by atoms with Crippen LogP contribution >= 0.6 is 0 Å². The summed E-state index contributed by atoms with van der Waals surface area (Å²) < 4.78 is 0. The molecule has 1 aliphatic heterocycles. The topological polar surface area (TPSA) is 43.8 Å². The highest BCUT2D eigenvalue weighted by molar-refractivity contribution is 5.74. The Labute approximate surface area is 105 Å². The maximum Gasteiger partial charge on any atom is 0.310 e. The molecule has 0 radical (unpaired) electrons. The zero-order chi connectivity index (χ0) is 13.1. The van der Waals surface area contributed by atoms with Crippen LogP contribution in [0.2, 0.25) is 0 Å². The van der Waals surface area contributed by atoms with Gasteiger partial charge in [0.15, 0.2) is 0 Å². The van der Waals surface area contributed by atoms with E-state index in [9.17, 15) is 9.90 Å². The summed E-state index contributed by atoms with van der Waals surface area (Å²) in [6, 6.07) is 0.568. The predicted octanol–water partition coefficient (Wildman–Crippen LogP) is 1.51. The normalized spacial score (nSPS) is 26.7. The first kappa shape index (κ1) is 14.5. The third-order valence-electron chi connectivity index (χ3n) is 4.20. The molecule has 1 fully saturated rings. The highest BCUT2D eigenvalue weighted by Crippen LogP contribution is 2.24. The molecule has 17 heavy (non-hydrogen) atoms. The van der Waals surface area contributed by atoms with Crippen molar-refractivity contribution >= 4 is 5.97 Å². The van der Waals surface area contributed by atoms with E-state index < -0.39 is 11.4 Å². The van der Waals surface area contributed by atoms with E-state index in [-0.39, 0.29) is 0 Å². The molecule has 1 heterocycles. The fraction of sp³-hybridized carbons (Fsp3) is 0.923. The van der Waals surface area contributed by atoms with Crippen molar-refractivity contribution < 1.29 is 9.90 Å². The average molecular weight is 242 g/mol. The highest BCUT2D eigenvalue weighted by atomic mass is 16.4. The Balaban J connectivity index is 2.60. The van der Waals surface area contributed by atoms with Crippen LogP contribution in [0.1, 0.15) is 33.6 Å². The second-order valence-electron chi connectivity index (χ2n) is 5.50. The molecule has 1 N–H and O–H groups in total. The molecule has 0 amide bonds. The lowest BCUT2D eigenvalue weighted by Crippen LogP contribution is -2.54. The number of carboxylic acid groups (broad SMARTS) is 1.